The van der Waals surface area contributed by atoms with E-state index in [0.29, 0.717) is 0 Å². The molecule has 0 spiro atoms. The fourth-order valence-corrected chi connectivity index (χ4v) is 0.436. The molecule has 1 N–H and O–H groups in total. The van der Waals surface area contributed by atoms with Crippen molar-refractivity contribution in [3.8, 4) is 0 Å². The first-order valence-corrected chi connectivity index (χ1v) is 3.32. The van der Waals surface area contributed by atoms with E-state index in [1.54, 1.807) is 19.1 Å². The van der Waals surface area contributed by atoms with Crippen molar-refractivity contribution in [1.82, 2.24) is 0 Å². The summed E-state index contributed by atoms with van der Waals surface area (Å²) in [5, 5.41) is 8.80. The van der Waals surface area contributed by atoms with Crippen molar-refractivity contribution in [2.75, 3.05) is 0 Å². The molecular weight excluding hydrogens is 124 g/mol. The number of hydrogen-bond donors (Lipinski definition) is 1. The van der Waals surface area contributed by atoms with Crippen molar-refractivity contribution in [2.45, 2.75) is 20.0 Å². The van der Waals surface area contributed by atoms with Gasteiger partial charge in [0, 0.05) is 0 Å². The maximum atomic E-state index is 8.80. The van der Waals surface area contributed by atoms with E-state index < -0.39 is 0 Å². The third kappa shape index (κ3) is 5.32. The molecule has 0 aliphatic heterocycles. The fraction of sp³-hybridized carbons (Fsp3) is 0.333. The summed E-state index contributed by atoms with van der Waals surface area (Å²) in [4.78, 5) is 0. The molecule has 0 rings (SSSR count). The monoisotopic (exact) mass is 138 g/mol. The zero-order valence-electron chi connectivity index (χ0n) is 6.54. The zero-order valence-corrected chi connectivity index (χ0v) is 6.54. The third-order valence-electron chi connectivity index (χ3n) is 1.07. The molecule has 0 aromatic heterocycles. The van der Waals surface area contributed by atoms with Crippen LogP contribution in [-0.2, 0) is 0 Å². The number of allylic oxidation sites excluding steroid dienone is 4. The van der Waals surface area contributed by atoms with Gasteiger partial charge in [-0.3, -0.25) is 0 Å². The van der Waals surface area contributed by atoms with Gasteiger partial charge >= 0.3 is 0 Å². The second kappa shape index (κ2) is 5.00. The van der Waals surface area contributed by atoms with Crippen molar-refractivity contribution in [2.24, 2.45) is 0 Å². The minimum atomic E-state index is -0.367. The van der Waals surface area contributed by atoms with Gasteiger partial charge in [-0.05, 0) is 13.8 Å². The number of aliphatic hydroxyl groups excluding tert-OH is 1. The van der Waals surface area contributed by atoms with Crippen LogP contribution in [0.3, 0.4) is 0 Å². The van der Waals surface area contributed by atoms with Gasteiger partial charge in [0.1, 0.15) is 0 Å². The van der Waals surface area contributed by atoms with Crippen LogP contribution in [0, 0.1) is 0 Å². The van der Waals surface area contributed by atoms with Crippen LogP contribution in [0.5, 0.6) is 0 Å². The van der Waals surface area contributed by atoms with E-state index in [-0.39, 0.29) is 6.10 Å². The molecular formula is C9H14O. The quantitative estimate of drug-likeness (QED) is 0.592. The minimum absolute atomic E-state index is 0.367. The molecule has 0 aromatic carbocycles. The highest BCUT2D eigenvalue weighted by Crippen LogP contribution is 1.93. The van der Waals surface area contributed by atoms with Crippen molar-refractivity contribution in [1.29, 1.82) is 0 Å². The molecule has 0 fully saturated rings. The average Bonchev–Trinajstić information content (AvgIpc) is 1.87. The first-order chi connectivity index (χ1) is 4.66. The molecule has 1 unspecified atom stereocenters. The molecule has 10 heavy (non-hydrogen) atoms. The van der Waals surface area contributed by atoms with E-state index in [1.807, 2.05) is 19.1 Å². The second-order valence-electron chi connectivity index (χ2n) is 2.24. The predicted octanol–water partition coefficient (Wildman–Crippen LogP) is 2.06. The molecule has 0 amide bonds. The van der Waals surface area contributed by atoms with Gasteiger partial charge in [0.15, 0.2) is 0 Å². The maximum absolute atomic E-state index is 8.80. The molecule has 1 heteroatoms. The normalized spacial score (nSPS) is 15.7. The van der Waals surface area contributed by atoms with Crippen molar-refractivity contribution in [3.05, 3.63) is 36.5 Å². The van der Waals surface area contributed by atoms with Crippen LogP contribution in [0.15, 0.2) is 36.5 Å². The van der Waals surface area contributed by atoms with Gasteiger partial charge in [-0.15, -0.1) is 0 Å². The molecule has 1 atom stereocenters. The Balaban J connectivity index is 3.81. The Morgan fingerprint density at radius 1 is 1.60 bits per heavy atom. The van der Waals surface area contributed by atoms with Crippen LogP contribution < -0.4 is 0 Å². The number of hydrogen-bond acceptors (Lipinski definition) is 1. The fourth-order valence-electron chi connectivity index (χ4n) is 0.436. The van der Waals surface area contributed by atoms with E-state index in [0.717, 1.165) is 5.57 Å². The highest BCUT2D eigenvalue weighted by atomic mass is 16.3. The first kappa shape index (κ1) is 9.18. The Kier molecular flexibility index (Phi) is 4.59. The summed E-state index contributed by atoms with van der Waals surface area (Å²) in [5.41, 5.74) is 1.09. The molecule has 0 aliphatic rings. The van der Waals surface area contributed by atoms with Crippen molar-refractivity contribution < 1.29 is 5.11 Å². The van der Waals surface area contributed by atoms with Gasteiger partial charge in [-0.25, -0.2) is 0 Å². The maximum Gasteiger partial charge on any atom is 0.0695 e. The lowest BCUT2D eigenvalue weighted by atomic mass is 10.2. The molecule has 0 bridgehead atoms. The summed E-state index contributed by atoms with van der Waals surface area (Å²) in [6.45, 7) is 7.27. The second-order valence-corrected chi connectivity index (χ2v) is 2.24. The molecule has 0 aliphatic carbocycles. The summed E-state index contributed by atoms with van der Waals surface area (Å²) < 4.78 is 0. The van der Waals surface area contributed by atoms with Crippen LogP contribution in [0.2, 0.25) is 0 Å². The van der Waals surface area contributed by atoms with Crippen molar-refractivity contribution in [3.63, 3.8) is 0 Å². The Morgan fingerprint density at radius 3 is 2.60 bits per heavy atom. The molecule has 0 saturated heterocycles. The minimum Gasteiger partial charge on any atom is -0.389 e. The molecule has 1 nitrogen and oxygen atoms in total. The summed E-state index contributed by atoms with van der Waals surface area (Å²) in [6.07, 6.45) is 6.84. The van der Waals surface area contributed by atoms with E-state index >= 15 is 0 Å². The number of aliphatic hydroxyl groups is 1. The van der Waals surface area contributed by atoms with Crippen LogP contribution in [-0.4, -0.2) is 11.2 Å². The lowest BCUT2D eigenvalue weighted by molar-refractivity contribution is 0.244. The van der Waals surface area contributed by atoms with Gasteiger partial charge in [0.2, 0.25) is 0 Å². The van der Waals surface area contributed by atoms with Gasteiger partial charge < -0.3 is 5.11 Å². The Morgan fingerprint density at radius 2 is 2.20 bits per heavy atom. The summed E-state index contributed by atoms with van der Waals surface area (Å²) in [6, 6.07) is 0. The van der Waals surface area contributed by atoms with Gasteiger partial charge in [-0.1, -0.05) is 36.5 Å². The van der Waals surface area contributed by atoms with Crippen LogP contribution in [0.1, 0.15) is 13.8 Å². The van der Waals surface area contributed by atoms with Gasteiger partial charge in [0.05, 0.1) is 6.10 Å². The molecule has 56 valence electrons. The lowest BCUT2D eigenvalue weighted by Gasteiger charge is -1.90. The van der Waals surface area contributed by atoms with Crippen molar-refractivity contribution >= 4 is 0 Å². The van der Waals surface area contributed by atoms with E-state index in [9.17, 15) is 0 Å². The van der Waals surface area contributed by atoms with Crippen LogP contribution in [0.4, 0.5) is 0 Å². The zero-order chi connectivity index (χ0) is 7.98. The molecule has 0 radical (unpaired) electrons. The van der Waals surface area contributed by atoms with E-state index in [2.05, 4.69) is 6.58 Å². The largest absolute Gasteiger partial charge is 0.389 e. The lowest BCUT2D eigenvalue weighted by Crippen LogP contribution is -1.90. The first-order valence-electron chi connectivity index (χ1n) is 3.32. The highest BCUT2D eigenvalue weighted by molar-refractivity contribution is 5.19. The van der Waals surface area contributed by atoms with E-state index in [1.165, 1.54) is 0 Å². The Labute approximate surface area is 62.4 Å². The molecule has 0 heterocycles. The smallest absolute Gasteiger partial charge is 0.0695 e. The topological polar surface area (TPSA) is 20.2 Å². The molecule has 0 aromatic rings. The Bertz CT molecular complexity index is 152. The summed E-state index contributed by atoms with van der Waals surface area (Å²) in [7, 11) is 0. The molecule has 0 saturated carbocycles. The Hall–Kier alpha value is -0.820. The standard InChI is InChI=1S/C9H14O/c1-4-8(2)6-5-7-9(3)10/h4-7,9-10H,1H2,2-3H3. The van der Waals surface area contributed by atoms with Gasteiger partial charge in [-0.2, -0.15) is 0 Å². The predicted molar refractivity (Wildman–Crippen MR) is 44.8 cm³/mol. The van der Waals surface area contributed by atoms with Crippen LogP contribution >= 0.6 is 0 Å². The van der Waals surface area contributed by atoms with Crippen LogP contribution in [0.25, 0.3) is 0 Å². The SMILES string of the molecule is C=CC(C)=CC=CC(C)O. The average molecular weight is 138 g/mol. The highest BCUT2D eigenvalue weighted by Gasteiger charge is 1.81. The van der Waals surface area contributed by atoms with E-state index in [4.69, 9.17) is 5.11 Å². The summed E-state index contributed by atoms with van der Waals surface area (Å²) in [5.74, 6) is 0. The summed E-state index contributed by atoms with van der Waals surface area (Å²) >= 11 is 0. The third-order valence-corrected chi connectivity index (χ3v) is 1.07. The van der Waals surface area contributed by atoms with Gasteiger partial charge in [0.25, 0.3) is 0 Å². The number of rotatable bonds is 3.